The van der Waals surface area contributed by atoms with Gasteiger partial charge in [-0.05, 0) is 55.2 Å². The van der Waals surface area contributed by atoms with Crippen molar-refractivity contribution in [3.05, 3.63) is 86.3 Å². The van der Waals surface area contributed by atoms with Crippen molar-refractivity contribution in [2.24, 2.45) is 5.92 Å². The molecule has 0 amide bonds. The van der Waals surface area contributed by atoms with Gasteiger partial charge in [0.25, 0.3) is 0 Å². The summed E-state index contributed by atoms with van der Waals surface area (Å²) in [4.78, 5) is 6.58. The number of hydrogen-bond acceptors (Lipinski definition) is 4. The molecule has 0 spiro atoms. The van der Waals surface area contributed by atoms with Gasteiger partial charge in [0.05, 0.1) is 6.04 Å². The number of likely N-dealkylation sites (tertiary alicyclic amines) is 1. The molecule has 166 valence electrons. The highest BCUT2D eigenvalue weighted by Crippen LogP contribution is 2.46. The van der Waals surface area contributed by atoms with Gasteiger partial charge in [0.15, 0.2) is 5.69 Å². The van der Waals surface area contributed by atoms with Gasteiger partial charge in [-0.2, -0.15) is 5.26 Å². The number of rotatable bonds is 6. The van der Waals surface area contributed by atoms with Crippen molar-refractivity contribution in [2.45, 2.75) is 31.5 Å². The minimum Gasteiger partial charge on any atom is -0.290 e. The predicted molar refractivity (Wildman–Crippen MR) is 119 cm³/mol. The summed E-state index contributed by atoms with van der Waals surface area (Å²) < 4.78 is 42.9. The van der Waals surface area contributed by atoms with Crippen LogP contribution < -0.4 is 0 Å². The third kappa shape index (κ3) is 4.68. The zero-order valence-electron chi connectivity index (χ0n) is 17.5. The summed E-state index contributed by atoms with van der Waals surface area (Å²) in [5.74, 6) is -2.23. The largest absolute Gasteiger partial charge is 0.290 e. The molecule has 8 heteroatoms. The van der Waals surface area contributed by atoms with E-state index in [2.05, 4.69) is 16.0 Å². The Hall–Kier alpha value is -2.40. The van der Waals surface area contributed by atoms with Gasteiger partial charge in [-0.25, -0.2) is 18.2 Å². The van der Waals surface area contributed by atoms with Crippen molar-refractivity contribution < 1.29 is 13.2 Å². The van der Waals surface area contributed by atoms with E-state index >= 15 is 4.39 Å². The van der Waals surface area contributed by atoms with Gasteiger partial charge in [-0.15, -0.1) is 11.3 Å². The summed E-state index contributed by atoms with van der Waals surface area (Å²) in [5, 5.41) is 12.3. The van der Waals surface area contributed by atoms with Crippen LogP contribution in [0.2, 0.25) is 5.02 Å². The Morgan fingerprint density at radius 2 is 1.75 bits per heavy atom. The lowest BCUT2D eigenvalue weighted by Gasteiger charge is -2.49. The second-order valence-electron chi connectivity index (χ2n) is 8.60. The summed E-state index contributed by atoms with van der Waals surface area (Å²) in [6.45, 7) is 3.93. The molecule has 2 aromatic carbocycles. The summed E-state index contributed by atoms with van der Waals surface area (Å²) in [7, 11) is 0. The molecule has 1 saturated heterocycles. The lowest BCUT2D eigenvalue weighted by molar-refractivity contribution is 0.00800. The zero-order chi connectivity index (χ0) is 23.0. The standard InChI is InChI=1S/C24H21ClF3N3S/c1-24(2,28)21(15-7-18(26)9-19(27)8-15)16-11-31(12-16)22(14-3-5-17(25)6-4-14)23-30-20(10-29)13-32-23/h3-9,13,16,21-22H,11-12H2,1-2H3/t21-,22+/m1/s1. The molecule has 2 heterocycles. The Morgan fingerprint density at radius 1 is 1.12 bits per heavy atom. The van der Waals surface area contributed by atoms with E-state index in [-0.39, 0.29) is 12.0 Å². The van der Waals surface area contributed by atoms with Crippen molar-refractivity contribution in [1.29, 1.82) is 5.26 Å². The number of hydrogen-bond donors (Lipinski definition) is 0. The summed E-state index contributed by atoms with van der Waals surface area (Å²) in [6.07, 6.45) is 0. The summed E-state index contributed by atoms with van der Waals surface area (Å²) >= 11 is 7.44. The van der Waals surface area contributed by atoms with Gasteiger partial charge in [-0.3, -0.25) is 4.90 Å². The maximum Gasteiger partial charge on any atom is 0.151 e. The molecule has 1 aliphatic heterocycles. The monoisotopic (exact) mass is 475 g/mol. The third-order valence-corrected chi connectivity index (χ3v) is 6.96. The zero-order valence-corrected chi connectivity index (χ0v) is 19.1. The maximum atomic E-state index is 15.2. The molecule has 32 heavy (non-hydrogen) atoms. The molecule has 3 nitrogen and oxygen atoms in total. The fourth-order valence-corrected chi connectivity index (χ4v) is 5.60. The van der Waals surface area contributed by atoms with E-state index < -0.39 is 23.2 Å². The lowest BCUT2D eigenvalue weighted by Crippen LogP contribution is -2.53. The smallest absolute Gasteiger partial charge is 0.151 e. The van der Waals surface area contributed by atoms with Crippen molar-refractivity contribution >= 4 is 22.9 Å². The highest BCUT2D eigenvalue weighted by molar-refractivity contribution is 7.09. The number of thiazole rings is 1. The highest BCUT2D eigenvalue weighted by Gasteiger charge is 2.45. The second-order valence-corrected chi connectivity index (χ2v) is 9.92. The molecular formula is C24H21ClF3N3S. The first-order valence-corrected chi connectivity index (χ1v) is 11.4. The van der Waals surface area contributed by atoms with Crippen molar-refractivity contribution in [1.82, 2.24) is 9.88 Å². The minimum atomic E-state index is -1.66. The van der Waals surface area contributed by atoms with Gasteiger partial charge in [0.2, 0.25) is 0 Å². The van der Waals surface area contributed by atoms with Crippen LogP contribution in [0.1, 0.15) is 47.6 Å². The van der Waals surface area contributed by atoms with Gasteiger partial charge >= 0.3 is 0 Å². The molecule has 0 radical (unpaired) electrons. The number of aromatic nitrogens is 1. The van der Waals surface area contributed by atoms with Gasteiger partial charge in [0.1, 0.15) is 28.4 Å². The molecular weight excluding hydrogens is 455 g/mol. The molecule has 2 atom stereocenters. The first-order chi connectivity index (χ1) is 15.2. The highest BCUT2D eigenvalue weighted by atomic mass is 35.5. The molecule has 3 aromatic rings. The van der Waals surface area contributed by atoms with Crippen LogP contribution in [0.5, 0.6) is 0 Å². The van der Waals surface area contributed by atoms with E-state index in [1.807, 2.05) is 12.1 Å². The third-order valence-electron chi connectivity index (χ3n) is 5.81. The fourth-order valence-electron chi connectivity index (χ4n) is 4.57. The SMILES string of the molecule is CC(C)(F)[C@H](c1cc(F)cc(F)c1)C1CN([C@@H](c2ccc(Cl)cc2)c2nc(C#N)cs2)C1. The molecule has 0 unspecified atom stereocenters. The number of benzene rings is 2. The van der Waals surface area contributed by atoms with Crippen LogP contribution in [-0.4, -0.2) is 28.6 Å². The van der Waals surface area contributed by atoms with Crippen LogP contribution in [0.25, 0.3) is 0 Å². The van der Waals surface area contributed by atoms with Crippen molar-refractivity contribution in [2.75, 3.05) is 13.1 Å². The molecule has 4 rings (SSSR count). The maximum absolute atomic E-state index is 15.2. The number of nitrogens with zero attached hydrogens (tertiary/aromatic N) is 3. The molecule has 1 aromatic heterocycles. The number of nitriles is 1. The summed E-state index contributed by atoms with van der Waals surface area (Å²) in [6, 6.07) is 12.5. The summed E-state index contributed by atoms with van der Waals surface area (Å²) in [5.41, 5.74) is -0.0376. The van der Waals surface area contributed by atoms with Gasteiger partial charge in [0, 0.05) is 35.5 Å². The Balaban J connectivity index is 1.63. The fraction of sp³-hybridized carbons (Fsp3) is 0.333. The molecule has 0 aliphatic carbocycles. The Labute approximate surface area is 194 Å². The molecule has 0 saturated carbocycles. The van der Waals surface area contributed by atoms with Gasteiger partial charge < -0.3 is 0 Å². The first kappa shape index (κ1) is 22.8. The quantitative estimate of drug-likeness (QED) is 0.408. The van der Waals surface area contributed by atoms with Crippen LogP contribution in [0.15, 0.2) is 47.8 Å². The Kier molecular flexibility index (Phi) is 6.30. The number of alkyl halides is 1. The molecule has 1 aliphatic rings. The van der Waals surface area contributed by atoms with E-state index in [1.54, 1.807) is 17.5 Å². The lowest BCUT2D eigenvalue weighted by atomic mass is 9.72. The molecule has 0 bridgehead atoms. The van der Waals surface area contributed by atoms with E-state index in [0.717, 1.165) is 16.6 Å². The molecule has 0 N–H and O–H groups in total. The topological polar surface area (TPSA) is 39.9 Å². The Morgan fingerprint density at radius 3 is 2.28 bits per heavy atom. The van der Waals surface area contributed by atoms with Crippen LogP contribution >= 0.6 is 22.9 Å². The predicted octanol–water partition coefficient (Wildman–Crippen LogP) is 6.50. The van der Waals surface area contributed by atoms with Crippen LogP contribution in [0.3, 0.4) is 0 Å². The average Bonchev–Trinajstić information content (AvgIpc) is 3.14. The van der Waals surface area contributed by atoms with Crippen LogP contribution in [0, 0.1) is 28.9 Å². The van der Waals surface area contributed by atoms with E-state index in [9.17, 15) is 14.0 Å². The second kappa shape index (κ2) is 8.86. The molecule has 1 fully saturated rings. The van der Waals surface area contributed by atoms with Crippen molar-refractivity contribution in [3.63, 3.8) is 0 Å². The first-order valence-electron chi connectivity index (χ1n) is 10.2. The van der Waals surface area contributed by atoms with Crippen LogP contribution in [-0.2, 0) is 0 Å². The average molecular weight is 476 g/mol. The van der Waals surface area contributed by atoms with E-state index in [4.69, 9.17) is 11.6 Å². The van der Waals surface area contributed by atoms with Gasteiger partial charge in [-0.1, -0.05) is 23.7 Å². The Bertz CT molecular complexity index is 1120. The van der Waals surface area contributed by atoms with Crippen molar-refractivity contribution in [3.8, 4) is 6.07 Å². The normalized spacial score (nSPS) is 16.9. The number of halogens is 4. The minimum absolute atomic E-state index is 0.138. The van der Waals surface area contributed by atoms with E-state index in [1.165, 1.54) is 37.3 Å². The van der Waals surface area contributed by atoms with E-state index in [0.29, 0.717) is 29.4 Å². The van der Waals surface area contributed by atoms with Crippen LogP contribution in [0.4, 0.5) is 13.2 Å².